The third-order valence-corrected chi connectivity index (χ3v) is 1.41. The maximum absolute atomic E-state index is 11.0. The number of amides is 2. The van der Waals surface area contributed by atoms with E-state index in [1.165, 1.54) is 0 Å². The van der Waals surface area contributed by atoms with Gasteiger partial charge in [0, 0.05) is 6.54 Å². The minimum absolute atomic E-state index is 0.000370. The van der Waals surface area contributed by atoms with Gasteiger partial charge in [-0.2, -0.15) is 0 Å². The van der Waals surface area contributed by atoms with Gasteiger partial charge in [0.1, 0.15) is 0 Å². The first-order valence-corrected chi connectivity index (χ1v) is 4.38. The Balaban J connectivity index is 3.52. The predicted octanol–water partition coefficient (Wildman–Crippen LogP) is -1.02. The van der Waals surface area contributed by atoms with E-state index in [1.54, 1.807) is 6.92 Å². The average Bonchev–Trinajstić information content (AvgIpc) is 2.10. The Labute approximate surface area is 78.1 Å². The highest BCUT2D eigenvalue weighted by atomic mass is 16.2. The van der Waals surface area contributed by atoms with Crippen LogP contribution in [0.4, 0.5) is 0 Å². The average molecular weight is 187 g/mol. The molecule has 76 valence electrons. The van der Waals surface area contributed by atoms with Gasteiger partial charge in [-0.05, 0) is 13.3 Å². The lowest BCUT2D eigenvalue weighted by Crippen LogP contribution is -2.43. The van der Waals surface area contributed by atoms with E-state index in [-0.39, 0.29) is 18.4 Å². The molecule has 0 spiro atoms. The van der Waals surface area contributed by atoms with Gasteiger partial charge in [-0.1, -0.05) is 6.92 Å². The van der Waals surface area contributed by atoms with Crippen molar-refractivity contribution in [2.24, 2.45) is 5.73 Å². The number of rotatable bonds is 5. The number of hydrogen-bond donors (Lipinski definition) is 3. The standard InChI is InChI=1S/C8H17N3O2/c1-3-4-10-7(12)5-11-8(13)6(2)9/h6H,3-5,9H2,1-2H3,(H,10,12)(H,11,13)/t6-/m1/s1. The zero-order chi connectivity index (χ0) is 10.3. The summed E-state index contributed by atoms with van der Waals surface area (Å²) < 4.78 is 0. The SMILES string of the molecule is CCCNC(=O)CNC(=O)[C@@H](C)N. The second-order valence-electron chi connectivity index (χ2n) is 2.86. The molecule has 13 heavy (non-hydrogen) atoms. The van der Waals surface area contributed by atoms with Gasteiger partial charge in [0.05, 0.1) is 12.6 Å². The third-order valence-electron chi connectivity index (χ3n) is 1.41. The number of nitrogens with two attached hydrogens (primary N) is 1. The monoisotopic (exact) mass is 187 g/mol. The first-order valence-electron chi connectivity index (χ1n) is 4.38. The second-order valence-corrected chi connectivity index (χ2v) is 2.86. The zero-order valence-electron chi connectivity index (χ0n) is 8.09. The molecule has 5 nitrogen and oxygen atoms in total. The van der Waals surface area contributed by atoms with E-state index in [0.717, 1.165) is 6.42 Å². The Hall–Kier alpha value is -1.10. The minimum Gasteiger partial charge on any atom is -0.355 e. The van der Waals surface area contributed by atoms with Crippen LogP contribution < -0.4 is 16.4 Å². The third kappa shape index (κ3) is 6.10. The van der Waals surface area contributed by atoms with Crippen molar-refractivity contribution in [3.05, 3.63) is 0 Å². The highest BCUT2D eigenvalue weighted by molar-refractivity contribution is 5.86. The van der Waals surface area contributed by atoms with Gasteiger partial charge >= 0.3 is 0 Å². The van der Waals surface area contributed by atoms with E-state index in [2.05, 4.69) is 10.6 Å². The van der Waals surface area contributed by atoms with E-state index in [4.69, 9.17) is 5.73 Å². The molecule has 1 atom stereocenters. The van der Waals surface area contributed by atoms with E-state index < -0.39 is 6.04 Å². The van der Waals surface area contributed by atoms with Crippen molar-refractivity contribution in [1.29, 1.82) is 0 Å². The molecule has 0 unspecified atom stereocenters. The molecule has 2 amide bonds. The number of carbonyl (C=O) groups is 2. The molecule has 0 aromatic rings. The Morgan fingerprint density at radius 3 is 2.46 bits per heavy atom. The zero-order valence-corrected chi connectivity index (χ0v) is 8.09. The predicted molar refractivity (Wildman–Crippen MR) is 50.0 cm³/mol. The van der Waals surface area contributed by atoms with Crippen molar-refractivity contribution in [1.82, 2.24) is 10.6 Å². The molecule has 4 N–H and O–H groups in total. The van der Waals surface area contributed by atoms with Crippen molar-refractivity contribution >= 4 is 11.8 Å². The maximum atomic E-state index is 11.0. The van der Waals surface area contributed by atoms with Crippen LogP contribution in [0.25, 0.3) is 0 Å². The summed E-state index contributed by atoms with van der Waals surface area (Å²) in [5.41, 5.74) is 5.28. The van der Waals surface area contributed by atoms with E-state index in [1.807, 2.05) is 6.92 Å². The Bertz CT molecular complexity index is 180. The molecule has 0 fully saturated rings. The summed E-state index contributed by atoms with van der Waals surface area (Å²) in [4.78, 5) is 21.9. The molecule has 0 aliphatic carbocycles. The van der Waals surface area contributed by atoms with Crippen LogP contribution in [0.3, 0.4) is 0 Å². The van der Waals surface area contributed by atoms with Gasteiger partial charge in [-0.25, -0.2) is 0 Å². The van der Waals surface area contributed by atoms with Crippen LogP contribution in [-0.2, 0) is 9.59 Å². The Morgan fingerprint density at radius 1 is 1.38 bits per heavy atom. The van der Waals surface area contributed by atoms with Gasteiger partial charge in [0.25, 0.3) is 0 Å². The van der Waals surface area contributed by atoms with E-state index in [0.29, 0.717) is 6.54 Å². The number of hydrogen-bond acceptors (Lipinski definition) is 3. The van der Waals surface area contributed by atoms with Crippen LogP contribution >= 0.6 is 0 Å². The summed E-state index contributed by atoms with van der Waals surface area (Å²) in [5, 5.41) is 5.05. The summed E-state index contributed by atoms with van der Waals surface area (Å²) in [6, 6.07) is -0.570. The van der Waals surface area contributed by atoms with Crippen LogP contribution in [0.1, 0.15) is 20.3 Å². The van der Waals surface area contributed by atoms with Crippen LogP contribution in [0.2, 0.25) is 0 Å². The normalized spacial score (nSPS) is 11.9. The maximum Gasteiger partial charge on any atom is 0.239 e. The lowest BCUT2D eigenvalue weighted by Gasteiger charge is -2.07. The molecule has 0 radical (unpaired) electrons. The molecule has 0 bridgehead atoms. The van der Waals surface area contributed by atoms with Gasteiger partial charge in [0.2, 0.25) is 11.8 Å². The molecule has 0 saturated heterocycles. The Kier molecular flexibility index (Phi) is 5.88. The summed E-state index contributed by atoms with van der Waals surface area (Å²) in [7, 11) is 0. The van der Waals surface area contributed by atoms with Crippen molar-refractivity contribution in [2.45, 2.75) is 26.3 Å². The molecule has 0 aliphatic heterocycles. The Morgan fingerprint density at radius 2 is 2.00 bits per heavy atom. The number of nitrogens with one attached hydrogen (secondary N) is 2. The molecule has 0 saturated carbocycles. The molecular formula is C8H17N3O2. The summed E-state index contributed by atoms with van der Waals surface area (Å²) in [6.45, 7) is 4.16. The van der Waals surface area contributed by atoms with Crippen molar-refractivity contribution in [3.63, 3.8) is 0 Å². The first-order chi connectivity index (χ1) is 6.07. The molecule has 0 heterocycles. The topological polar surface area (TPSA) is 84.2 Å². The highest BCUT2D eigenvalue weighted by Crippen LogP contribution is 1.75. The molecule has 0 aromatic heterocycles. The summed E-state index contributed by atoms with van der Waals surface area (Å²) >= 11 is 0. The second kappa shape index (κ2) is 6.42. The van der Waals surface area contributed by atoms with Gasteiger partial charge in [-0.15, -0.1) is 0 Å². The van der Waals surface area contributed by atoms with E-state index >= 15 is 0 Å². The lowest BCUT2D eigenvalue weighted by molar-refractivity contribution is -0.126. The van der Waals surface area contributed by atoms with Gasteiger partial charge < -0.3 is 16.4 Å². The fourth-order valence-electron chi connectivity index (χ4n) is 0.655. The van der Waals surface area contributed by atoms with Crippen LogP contribution in [0.15, 0.2) is 0 Å². The van der Waals surface area contributed by atoms with Crippen molar-refractivity contribution < 1.29 is 9.59 Å². The van der Waals surface area contributed by atoms with Crippen molar-refractivity contribution in [2.75, 3.05) is 13.1 Å². The van der Waals surface area contributed by atoms with E-state index in [9.17, 15) is 9.59 Å². The largest absolute Gasteiger partial charge is 0.355 e. The molecule has 5 heteroatoms. The molecule has 0 rings (SSSR count). The van der Waals surface area contributed by atoms with Crippen LogP contribution in [-0.4, -0.2) is 30.9 Å². The smallest absolute Gasteiger partial charge is 0.239 e. The molecular weight excluding hydrogens is 170 g/mol. The number of carbonyl (C=O) groups excluding carboxylic acids is 2. The summed E-state index contributed by atoms with van der Waals surface area (Å²) in [6.07, 6.45) is 0.882. The lowest BCUT2D eigenvalue weighted by atomic mass is 10.3. The highest BCUT2D eigenvalue weighted by Gasteiger charge is 2.07. The fraction of sp³-hybridized carbons (Fsp3) is 0.750. The molecule has 0 aliphatic rings. The van der Waals surface area contributed by atoms with Crippen LogP contribution in [0, 0.1) is 0 Å². The minimum atomic E-state index is -0.570. The van der Waals surface area contributed by atoms with Gasteiger partial charge in [-0.3, -0.25) is 9.59 Å². The summed E-state index contributed by atoms with van der Waals surface area (Å²) in [5.74, 6) is -0.498. The fourth-order valence-corrected chi connectivity index (χ4v) is 0.655. The quantitative estimate of drug-likeness (QED) is 0.515. The van der Waals surface area contributed by atoms with Crippen LogP contribution in [0.5, 0.6) is 0 Å². The van der Waals surface area contributed by atoms with Gasteiger partial charge in [0.15, 0.2) is 0 Å². The van der Waals surface area contributed by atoms with Crippen molar-refractivity contribution in [3.8, 4) is 0 Å². The first kappa shape index (κ1) is 11.9. The molecule has 0 aromatic carbocycles.